The Balaban J connectivity index is 2.09. The van der Waals surface area contributed by atoms with Crippen LogP contribution in [0.15, 0.2) is 29.2 Å². The SMILES string of the molecule is NS(=O)(=O)c1cccc(NS(=O)(=O)CCC2CC2)c1. The van der Waals surface area contributed by atoms with Gasteiger partial charge in [0, 0.05) is 5.69 Å². The Bertz CT molecular complexity index is 664. The van der Waals surface area contributed by atoms with Crippen LogP contribution in [-0.2, 0) is 20.0 Å². The quantitative estimate of drug-likeness (QED) is 0.813. The van der Waals surface area contributed by atoms with Gasteiger partial charge < -0.3 is 0 Å². The third kappa shape index (κ3) is 4.48. The van der Waals surface area contributed by atoms with E-state index in [1.165, 1.54) is 24.3 Å². The molecule has 1 aromatic carbocycles. The van der Waals surface area contributed by atoms with Crippen molar-refractivity contribution in [2.45, 2.75) is 24.2 Å². The molecule has 0 unspecified atom stereocenters. The molecule has 106 valence electrons. The van der Waals surface area contributed by atoms with Crippen molar-refractivity contribution in [2.24, 2.45) is 11.1 Å². The minimum Gasteiger partial charge on any atom is -0.284 e. The predicted molar refractivity (Wildman–Crippen MR) is 72.6 cm³/mol. The molecule has 8 heteroatoms. The first-order chi connectivity index (χ1) is 8.76. The van der Waals surface area contributed by atoms with Crippen molar-refractivity contribution in [2.75, 3.05) is 10.5 Å². The molecule has 0 radical (unpaired) electrons. The van der Waals surface area contributed by atoms with Crippen molar-refractivity contribution in [3.63, 3.8) is 0 Å². The van der Waals surface area contributed by atoms with E-state index in [0.717, 1.165) is 12.8 Å². The molecule has 1 aliphatic rings. The highest BCUT2D eigenvalue weighted by atomic mass is 32.2. The van der Waals surface area contributed by atoms with Gasteiger partial charge in [0.05, 0.1) is 10.6 Å². The van der Waals surface area contributed by atoms with Gasteiger partial charge in [-0.25, -0.2) is 22.0 Å². The zero-order chi connectivity index (χ0) is 14.1. The van der Waals surface area contributed by atoms with Crippen LogP contribution in [0.4, 0.5) is 5.69 Å². The average Bonchev–Trinajstić information content (AvgIpc) is 3.09. The molecule has 1 saturated carbocycles. The number of benzene rings is 1. The normalized spacial score (nSPS) is 16.3. The van der Waals surface area contributed by atoms with E-state index in [4.69, 9.17) is 5.14 Å². The fourth-order valence-corrected chi connectivity index (χ4v) is 3.49. The molecule has 19 heavy (non-hydrogen) atoms. The van der Waals surface area contributed by atoms with Gasteiger partial charge in [0.25, 0.3) is 0 Å². The lowest BCUT2D eigenvalue weighted by Crippen LogP contribution is -2.18. The summed E-state index contributed by atoms with van der Waals surface area (Å²) in [5.74, 6) is 0.574. The van der Waals surface area contributed by atoms with Gasteiger partial charge in [-0.2, -0.15) is 0 Å². The lowest BCUT2D eigenvalue weighted by atomic mass is 10.3. The van der Waals surface area contributed by atoms with E-state index in [-0.39, 0.29) is 16.3 Å². The summed E-state index contributed by atoms with van der Waals surface area (Å²) in [6.45, 7) is 0. The summed E-state index contributed by atoms with van der Waals surface area (Å²) in [6, 6.07) is 5.46. The first-order valence-corrected chi connectivity index (χ1v) is 9.09. The molecule has 0 atom stereocenters. The molecule has 1 aliphatic carbocycles. The van der Waals surface area contributed by atoms with Crippen molar-refractivity contribution in [3.05, 3.63) is 24.3 Å². The Morgan fingerprint density at radius 2 is 1.89 bits per heavy atom. The van der Waals surface area contributed by atoms with Crippen LogP contribution in [0.5, 0.6) is 0 Å². The maximum atomic E-state index is 11.8. The fourth-order valence-electron chi connectivity index (χ4n) is 1.70. The topological polar surface area (TPSA) is 106 Å². The summed E-state index contributed by atoms with van der Waals surface area (Å²) in [6.07, 6.45) is 2.83. The lowest BCUT2D eigenvalue weighted by molar-refractivity contribution is 0.594. The molecule has 0 spiro atoms. The van der Waals surface area contributed by atoms with Crippen molar-refractivity contribution in [3.8, 4) is 0 Å². The third-order valence-corrected chi connectivity index (χ3v) is 5.16. The van der Waals surface area contributed by atoms with Gasteiger partial charge >= 0.3 is 0 Å². The monoisotopic (exact) mass is 304 g/mol. The van der Waals surface area contributed by atoms with E-state index in [9.17, 15) is 16.8 Å². The van der Waals surface area contributed by atoms with Crippen molar-refractivity contribution in [1.82, 2.24) is 0 Å². The molecule has 2 rings (SSSR count). The first-order valence-electron chi connectivity index (χ1n) is 5.90. The van der Waals surface area contributed by atoms with Crippen molar-refractivity contribution >= 4 is 25.7 Å². The van der Waals surface area contributed by atoms with E-state index in [1.54, 1.807) is 0 Å². The average molecular weight is 304 g/mol. The van der Waals surface area contributed by atoms with Crippen molar-refractivity contribution < 1.29 is 16.8 Å². The van der Waals surface area contributed by atoms with E-state index >= 15 is 0 Å². The summed E-state index contributed by atoms with van der Waals surface area (Å²) in [5, 5.41) is 4.99. The molecule has 3 N–H and O–H groups in total. The number of anilines is 1. The Morgan fingerprint density at radius 3 is 2.47 bits per heavy atom. The van der Waals surface area contributed by atoms with Gasteiger partial charge in [0.1, 0.15) is 0 Å². The van der Waals surface area contributed by atoms with Crippen LogP contribution >= 0.6 is 0 Å². The van der Waals surface area contributed by atoms with Gasteiger partial charge in [0.15, 0.2) is 0 Å². The molecule has 0 heterocycles. The molecular formula is C11H16N2O4S2. The molecule has 6 nitrogen and oxygen atoms in total. The number of nitrogens with two attached hydrogens (primary N) is 1. The largest absolute Gasteiger partial charge is 0.284 e. The number of primary sulfonamides is 1. The minimum atomic E-state index is -3.83. The summed E-state index contributed by atoms with van der Waals surface area (Å²) >= 11 is 0. The fraction of sp³-hybridized carbons (Fsp3) is 0.455. The van der Waals surface area contributed by atoms with E-state index in [0.29, 0.717) is 12.3 Å². The highest BCUT2D eigenvalue weighted by Crippen LogP contribution is 2.32. The second-order valence-corrected chi connectivity index (χ2v) is 8.13. The van der Waals surface area contributed by atoms with E-state index < -0.39 is 20.0 Å². The van der Waals surface area contributed by atoms with Crippen LogP contribution in [0.25, 0.3) is 0 Å². The molecule has 0 saturated heterocycles. The maximum Gasteiger partial charge on any atom is 0.238 e. The molecule has 1 aromatic rings. The van der Waals surface area contributed by atoms with Gasteiger partial charge in [-0.3, -0.25) is 4.72 Å². The second kappa shape index (κ2) is 5.10. The van der Waals surface area contributed by atoms with E-state index in [2.05, 4.69) is 4.72 Å². The van der Waals surface area contributed by atoms with Crippen LogP contribution < -0.4 is 9.86 Å². The molecule has 1 fully saturated rings. The lowest BCUT2D eigenvalue weighted by Gasteiger charge is -2.08. The maximum absolute atomic E-state index is 11.8. The molecule has 0 aliphatic heterocycles. The molecular weight excluding hydrogens is 288 g/mol. The van der Waals surface area contributed by atoms with Crippen LogP contribution in [-0.4, -0.2) is 22.6 Å². The summed E-state index contributed by atoms with van der Waals surface area (Å²) < 4.78 is 48.3. The van der Waals surface area contributed by atoms with Crippen LogP contribution in [0.2, 0.25) is 0 Å². The van der Waals surface area contributed by atoms with Crippen LogP contribution in [0.3, 0.4) is 0 Å². The standard InChI is InChI=1S/C11H16N2O4S2/c12-19(16,17)11-3-1-2-10(8-11)13-18(14,15)7-6-9-4-5-9/h1-3,8-9,13H,4-7H2,(H2,12,16,17). The Labute approximate surface area is 113 Å². The third-order valence-electron chi connectivity index (χ3n) is 2.93. The number of hydrogen-bond donors (Lipinski definition) is 2. The number of sulfonamides is 2. The highest BCUT2D eigenvalue weighted by molar-refractivity contribution is 7.92. The summed E-state index contributed by atoms with van der Waals surface area (Å²) in [7, 11) is -7.27. The van der Waals surface area contributed by atoms with Crippen LogP contribution in [0.1, 0.15) is 19.3 Å². The minimum absolute atomic E-state index is 0.0528. The van der Waals surface area contributed by atoms with Gasteiger partial charge in [-0.1, -0.05) is 18.9 Å². The van der Waals surface area contributed by atoms with Gasteiger partial charge in [0.2, 0.25) is 20.0 Å². The first kappa shape index (κ1) is 14.3. The zero-order valence-corrected chi connectivity index (χ0v) is 11.9. The number of nitrogens with one attached hydrogen (secondary N) is 1. The molecule has 0 amide bonds. The number of rotatable bonds is 6. The van der Waals surface area contributed by atoms with Crippen LogP contribution in [0, 0.1) is 5.92 Å². The Hall–Kier alpha value is -1.12. The van der Waals surface area contributed by atoms with E-state index in [1.807, 2.05) is 0 Å². The Morgan fingerprint density at radius 1 is 1.21 bits per heavy atom. The smallest absolute Gasteiger partial charge is 0.238 e. The molecule has 0 aromatic heterocycles. The predicted octanol–water partition coefficient (Wildman–Crippen LogP) is 0.876. The molecule has 0 bridgehead atoms. The summed E-state index contributed by atoms with van der Waals surface area (Å²) in [5.41, 5.74) is 0.210. The van der Waals surface area contributed by atoms with Gasteiger partial charge in [-0.15, -0.1) is 0 Å². The number of hydrogen-bond acceptors (Lipinski definition) is 4. The second-order valence-electron chi connectivity index (χ2n) is 4.73. The van der Waals surface area contributed by atoms with Gasteiger partial charge in [-0.05, 0) is 30.5 Å². The summed E-state index contributed by atoms with van der Waals surface area (Å²) in [4.78, 5) is -0.116. The van der Waals surface area contributed by atoms with Crippen molar-refractivity contribution in [1.29, 1.82) is 0 Å². The Kier molecular flexibility index (Phi) is 3.84. The highest BCUT2D eigenvalue weighted by Gasteiger charge is 2.24. The zero-order valence-electron chi connectivity index (χ0n) is 10.2.